The minimum Gasteiger partial charge on any atom is -0.306 e. The van der Waals surface area contributed by atoms with Gasteiger partial charge in [0.1, 0.15) is 0 Å². The molecule has 21 heavy (non-hydrogen) atoms. The Hall–Kier alpha value is -1.60. The van der Waals surface area contributed by atoms with E-state index in [1.165, 1.54) is 22.3 Å². The zero-order chi connectivity index (χ0) is 14.8. The van der Waals surface area contributed by atoms with Crippen LogP contribution < -0.4 is 5.32 Å². The van der Waals surface area contributed by atoms with Gasteiger partial charge in [0.05, 0.1) is 6.04 Å². The van der Waals surface area contributed by atoms with Crippen molar-refractivity contribution in [3.8, 4) is 0 Å². The molecule has 1 heteroatoms. The summed E-state index contributed by atoms with van der Waals surface area (Å²) in [6, 6.07) is 13.9. The SMILES string of the molecule is CCc1c(C)ccc(C2NCCc3ccccc32)c1CC. The Balaban J connectivity index is 2.14. The summed E-state index contributed by atoms with van der Waals surface area (Å²) >= 11 is 0. The highest BCUT2D eigenvalue weighted by Crippen LogP contribution is 2.33. The van der Waals surface area contributed by atoms with Gasteiger partial charge in [0, 0.05) is 6.54 Å². The lowest BCUT2D eigenvalue weighted by Gasteiger charge is -2.30. The first kappa shape index (κ1) is 14.3. The Labute approximate surface area is 128 Å². The molecule has 110 valence electrons. The van der Waals surface area contributed by atoms with Crippen molar-refractivity contribution in [3.05, 3.63) is 69.8 Å². The minimum absolute atomic E-state index is 0.357. The van der Waals surface area contributed by atoms with E-state index in [0.717, 1.165) is 25.8 Å². The van der Waals surface area contributed by atoms with Gasteiger partial charge in [-0.25, -0.2) is 0 Å². The first-order chi connectivity index (χ1) is 10.3. The monoisotopic (exact) mass is 279 g/mol. The van der Waals surface area contributed by atoms with Crippen LogP contribution in [0.1, 0.15) is 53.3 Å². The standard InChI is InChI=1S/C20H25N/c1-4-16-14(3)10-11-19(17(16)5-2)20-18-9-7-6-8-15(18)12-13-21-20/h6-11,20-21H,4-5,12-13H2,1-3H3. The third-order valence-electron chi connectivity index (χ3n) is 4.83. The van der Waals surface area contributed by atoms with Crippen LogP contribution in [0.25, 0.3) is 0 Å². The summed E-state index contributed by atoms with van der Waals surface area (Å²) in [6.45, 7) is 7.86. The topological polar surface area (TPSA) is 12.0 Å². The highest BCUT2D eigenvalue weighted by Gasteiger charge is 2.23. The molecule has 3 rings (SSSR count). The molecule has 1 aliphatic rings. The molecule has 1 unspecified atom stereocenters. The molecule has 0 saturated heterocycles. The van der Waals surface area contributed by atoms with Crippen LogP contribution in [0.2, 0.25) is 0 Å². The third-order valence-corrected chi connectivity index (χ3v) is 4.83. The summed E-state index contributed by atoms with van der Waals surface area (Å²) < 4.78 is 0. The molecule has 0 aliphatic carbocycles. The summed E-state index contributed by atoms with van der Waals surface area (Å²) in [5, 5.41) is 3.74. The lowest BCUT2D eigenvalue weighted by atomic mass is 9.84. The predicted octanol–water partition coefficient (Wildman–Crippen LogP) is 4.35. The van der Waals surface area contributed by atoms with Crippen molar-refractivity contribution in [2.45, 2.75) is 46.1 Å². The first-order valence-corrected chi connectivity index (χ1v) is 8.18. The van der Waals surface area contributed by atoms with Crippen LogP contribution >= 0.6 is 0 Å². The number of hydrogen-bond acceptors (Lipinski definition) is 1. The van der Waals surface area contributed by atoms with E-state index in [4.69, 9.17) is 0 Å². The van der Waals surface area contributed by atoms with Gasteiger partial charge in [0.15, 0.2) is 0 Å². The molecule has 0 aromatic heterocycles. The van der Waals surface area contributed by atoms with E-state index in [2.05, 4.69) is 62.5 Å². The van der Waals surface area contributed by atoms with E-state index >= 15 is 0 Å². The maximum Gasteiger partial charge on any atom is 0.0582 e. The second-order valence-corrected chi connectivity index (χ2v) is 5.97. The van der Waals surface area contributed by atoms with Crippen molar-refractivity contribution in [3.63, 3.8) is 0 Å². The fourth-order valence-electron chi connectivity index (χ4n) is 3.79. The van der Waals surface area contributed by atoms with E-state index in [1.54, 1.807) is 11.1 Å². The molecule has 0 bridgehead atoms. The number of rotatable bonds is 3. The highest BCUT2D eigenvalue weighted by atomic mass is 14.9. The molecule has 0 radical (unpaired) electrons. The van der Waals surface area contributed by atoms with Gasteiger partial charge in [-0.3, -0.25) is 0 Å². The van der Waals surface area contributed by atoms with Crippen molar-refractivity contribution >= 4 is 0 Å². The van der Waals surface area contributed by atoms with Crippen molar-refractivity contribution in [1.82, 2.24) is 5.32 Å². The molecular weight excluding hydrogens is 254 g/mol. The fourth-order valence-corrected chi connectivity index (χ4v) is 3.79. The van der Waals surface area contributed by atoms with Crippen LogP contribution in [0.4, 0.5) is 0 Å². The summed E-state index contributed by atoms with van der Waals surface area (Å²) in [4.78, 5) is 0. The smallest absolute Gasteiger partial charge is 0.0582 e. The van der Waals surface area contributed by atoms with Crippen molar-refractivity contribution < 1.29 is 0 Å². The maximum absolute atomic E-state index is 3.74. The molecule has 1 atom stereocenters. The van der Waals surface area contributed by atoms with Crippen molar-refractivity contribution in [2.75, 3.05) is 6.54 Å². The number of aryl methyl sites for hydroxylation is 1. The van der Waals surface area contributed by atoms with E-state index in [1.807, 2.05) is 0 Å². The van der Waals surface area contributed by atoms with Gasteiger partial charge in [-0.2, -0.15) is 0 Å². The Morgan fingerprint density at radius 3 is 2.48 bits per heavy atom. The van der Waals surface area contributed by atoms with E-state index in [0.29, 0.717) is 6.04 Å². The van der Waals surface area contributed by atoms with Gasteiger partial charge in [-0.1, -0.05) is 50.2 Å². The lowest BCUT2D eigenvalue weighted by Crippen LogP contribution is -2.31. The molecule has 1 nitrogen and oxygen atoms in total. The number of benzene rings is 2. The van der Waals surface area contributed by atoms with Crippen LogP contribution in [-0.2, 0) is 19.3 Å². The summed E-state index contributed by atoms with van der Waals surface area (Å²) in [5.74, 6) is 0. The van der Waals surface area contributed by atoms with Gasteiger partial charge < -0.3 is 5.32 Å². The number of nitrogens with one attached hydrogen (secondary N) is 1. The molecule has 1 N–H and O–H groups in total. The van der Waals surface area contributed by atoms with Gasteiger partial charge in [0.2, 0.25) is 0 Å². The van der Waals surface area contributed by atoms with Crippen molar-refractivity contribution in [2.24, 2.45) is 0 Å². The molecule has 1 heterocycles. The Morgan fingerprint density at radius 1 is 0.952 bits per heavy atom. The Bertz CT molecular complexity index is 642. The van der Waals surface area contributed by atoms with Gasteiger partial charge in [-0.05, 0) is 59.6 Å². The predicted molar refractivity (Wildman–Crippen MR) is 89.9 cm³/mol. The van der Waals surface area contributed by atoms with E-state index < -0.39 is 0 Å². The van der Waals surface area contributed by atoms with Gasteiger partial charge in [-0.15, -0.1) is 0 Å². The molecule has 2 aromatic rings. The Morgan fingerprint density at radius 2 is 1.71 bits per heavy atom. The molecular formula is C20H25N. The van der Waals surface area contributed by atoms with Crippen molar-refractivity contribution in [1.29, 1.82) is 0 Å². The normalized spacial score (nSPS) is 17.6. The van der Waals surface area contributed by atoms with Gasteiger partial charge in [0.25, 0.3) is 0 Å². The summed E-state index contributed by atoms with van der Waals surface area (Å²) in [5.41, 5.74) is 8.96. The number of hydrogen-bond donors (Lipinski definition) is 1. The highest BCUT2D eigenvalue weighted by molar-refractivity contribution is 5.47. The second-order valence-electron chi connectivity index (χ2n) is 5.97. The fraction of sp³-hybridized carbons (Fsp3) is 0.400. The van der Waals surface area contributed by atoms with Crippen LogP contribution in [0.15, 0.2) is 36.4 Å². The first-order valence-electron chi connectivity index (χ1n) is 8.18. The largest absolute Gasteiger partial charge is 0.306 e. The summed E-state index contributed by atoms with van der Waals surface area (Å²) in [7, 11) is 0. The molecule has 0 fully saturated rings. The lowest BCUT2D eigenvalue weighted by molar-refractivity contribution is 0.563. The van der Waals surface area contributed by atoms with E-state index in [9.17, 15) is 0 Å². The third kappa shape index (κ3) is 2.51. The molecule has 0 amide bonds. The van der Waals surface area contributed by atoms with Crippen LogP contribution in [0.3, 0.4) is 0 Å². The second kappa shape index (κ2) is 6.03. The average Bonchev–Trinajstić information content (AvgIpc) is 2.54. The molecule has 1 aliphatic heterocycles. The molecule has 0 spiro atoms. The molecule has 2 aromatic carbocycles. The minimum atomic E-state index is 0.357. The van der Waals surface area contributed by atoms with E-state index in [-0.39, 0.29) is 0 Å². The Kier molecular flexibility index (Phi) is 4.12. The maximum atomic E-state index is 3.74. The van der Waals surface area contributed by atoms with Crippen LogP contribution in [0.5, 0.6) is 0 Å². The summed E-state index contributed by atoms with van der Waals surface area (Å²) in [6.07, 6.45) is 3.37. The van der Waals surface area contributed by atoms with Gasteiger partial charge >= 0.3 is 0 Å². The molecule has 0 saturated carbocycles. The van der Waals surface area contributed by atoms with Crippen LogP contribution in [0, 0.1) is 6.92 Å². The quantitative estimate of drug-likeness (QED) is 0.880. The number of fused-ring (bicyclic) bond motifs is 1. The van der Waals surface area contributed by atoms with Crippen LogP contribution in [-0.4, -0.2) is 6.54 Å². The zero-order valence-corrected chi connectivity index (χ0v) is 13.4. The zero-order valence-electron chi connectivity index (χ0n) is 13.4. The average molecular weight is 279 g/mol.